The molecule has 1 aromatic carbocycles. The van der Waals surface area contributed by atoms with Gasteiger partial charge in [0, 0.05) is 25.3 Å². The highest BCUT2D eigenvalue weighted by molar-refractivity contribution is 6.31. The summed E-state index contributed by atoms with van der Waals surface area (Å²) < 4.78 is 13.3. The SMILES string of the molecule is O=C1[C@H]2CCCN2C(=O)N1[C@@H]1CCN(c2ccc(F)c(Cl)c2)C1. The van der Waals surface area contributed by atoms with Crippen LogP contribution in [0, 0.1) is 5.82 Å². The number of carbonyl (C=O) groups excluding carboxylic acids is 2. The van der Waals surface area contributed by atoms with E-state index in [1.165, 1.54) is 11.0 Å². The zero-order valence-corrected chi connectivity index (χ0v) is 13.3. The molecule has 4 rings (SSSR count). The maximum absolute atomic E-state index is 13.3. The van der Waals surface area contributed by atoms with Crippen LogP contribution in [0.1, 0.15) is 19.3 Å². The number of fused-ring (bicyclic) bond motifs is 1. The van der Waals surface area contributed by atoms with Gasteiger partial charge in [0.2, 0.25) is 0 Å². The second kappa shape index (κ2) is 5.37. The van der Waals surface area contributed by atoms with Crippen molar-refractivity contribution in [3.63, 3.8) is 0 Å². The first-order valence-corrected chi connectivity index (χ1v) is 8.28. The zero-order valence-electron chi connectivity index (χ0n) is 12.5. The Bertz CT molecular complexity index is 661. The second-order valence-electron chi connectivity index (χ2n) is 6.33. The van der Waals surface area contributed by atoms with Gasteiger partial charge in [0.05, 0.1) is 11.1 Å². The number of amides is 3. The smallest absolute Gasteiger partial charge is 0.327 e. The molecule has 3 amide bonds. The van der Waals surface area contributed by atoms with E-state index in [0.29, 0.717) is 19.6 Å². The van der Waals surface area contributed by atoms with Gasteiger partial charge in [0.1, 0.15) is 11.9 Å². The van der Waals surface area contributed by atoms with Crippen molar-refractivity contribution in [1.82, 2.24) is 9.80 Å². The highest BCUT2D eigenvalue weighted by Crippen LogP contribution is 2.33. The van der Waals surface area contributed by atoms with E-state index in [-0.39, 0.29) is 29.0 Å². The van der Waals surface area contributed by atoms with Crippen molar-refractivity contribution in [2.75, 3.05) is 24.5 Å². The summed E-state index contributed by atoms with van der Waals surface area (Å²) in [6.45, 7) is 1.96. The Hall–Kier alpha value is -1.82. The molecule has 0 bridgehead atoms. The number of hydrogen-bond acceptors (Lipinski definition) is 3. The van der Waals surface area contributed by atoms with Gasteiger partial charge in [0.25, 0.3) is 5.91 Å². The van der Waals surface area contributed by atoms with Crippen LogP contribution >= 0.6 is 11.6 Å². The molecule has 0 unspecified atom stereocenters. The molecule has 0 spiro atoms. The summed E-state index contributed by atoms with van der Waals surface area (Å²) in [5.41, 5.74) is 0.818. The fourth-order valence-corrected chi connectivity index (χ4v) is 4.03. The standard InChI is InChI=1S/C16H17ClFN3O2/c17-12-8-10(3-4-13(12)18)19-7-5-11(9-19)21-15(22)14-2-1-6-20(14)16(21)23/h3-4,8,11,14H,1-2,5-7,9H2/t11-,14-/m1/s1. The van der Waals surface area contributed by atoms with E-state index in [1.807, 2.05) is 4.90 Å². The Morgan fingerprint density at radius 3 is 2.74 bits per heavy atom. The Morgan fingerprint density at radius 2 is 2.00 bits per heavy atom. The lowest BCUT2D eigenvalue weighted by Crippen LogP contribution is -2.43. The third kappa shape index (κ3) is 2.27. The minimum Gasteiger partial charge on any atom is -0.369 e. The first-order chi connectivity index (χ1) is 11.1. The molecule has 3 fully saturated rings. The predicted octanol–water partition coefficient (Wildman–Crippen LogP) is 2.48. The van der Waals surface area contributed by atoms with Crippen LogP contribution in [0.4, 0.5) is 14.9 Å². The summed E-state index contributed by atoms with van der Waals surface area (Å²) in [5, 5.41) is 0.0833. The van der Waals surface area contributed by atoms with Gasteiger partial charge in [0.15, 0.2) is 0 Å². The lowest BCUT2D eigenvalue weighted by molar-refractivity contribution is -0.129. The number of nitrogens with zero attached hydrogens (tertiary/aromatic N) is 3. The Morgan fingerprint density at radius 1 is 1.17 bits per heavy atom. The van der Waals surface area contributed by atoms with E-state index in [0.717, 1.165) is 24.9 Å². The quantitative estimate of drug-likeness (QED) is 0.779. The molecule has 0 aliphatic carbocycles. The lowest BCUT2D eigenvalue weighted by atomic mass is 10.2. The second-order valence-corrected chi connectivity index (χ2v) is 6.74. The number of imide groups is 1. The number of hydrogen-bond donors (Lipinski definition) is 0. The molecular weight excluding hydrogens is 321 g/mol. The van der Waals surface area contributed by atoms with Gasteiger partial charge in [-0.15, -0.1) is 0 Å². The Kier molecular flexibility index (Phi) is 3.44. The van der Waals surface area contributed by atoms with Crippen molar-refractivity contribution in [3.05, 3.63) is 29.0 Å². The fraction of sp³-hybridized carbons (Fsp3) is 0.500. The van der Waals surface area contributed by atoms with Gasteiger partial charge in [-0.3, -0.25) is 9.69 Å². The Labute approximate surface area is 138 Å². The van der Waals surface area contributed by atoms with Crippen molar-refractivity contribution in [2.45, 2.75) is 31.3 Å². The third-order valence-corrected chi connectivity index (χ3v) is 5.31. The first-order valence-electron chi connectivity index (χ1n) is 7.90. The van der Waals surface area contributed by atoms with Crippen molar-refractivity contribution >= 4 is 29.2 Å². The highest BCUT2D eigenvalue weighted by Gasteiger charge is 2.50. The average Bonchev–Trinajstić information content (AvgIpc) is 3.22. The molecule has 0 aromatic heterocycles. The van der Waals surface area contributed by atoms with E-state index < -0.39 is 5.82 Å². The summed E-state index contributed by atoms with van der Waals surface area (Å²) in [6.07, 6.45) is 2.40. The van der Waals surface area contributed by atoms with Crippen LogP contribution in [0.25, 0.3) is 0 Å². The van der Waals surface area contributed by atoms with Crippen LogP contribution < -0.4 is 4.90 Å². The van der Waals surface area contributed by atoms with Gasteiger partial charge in [-0.05, 0) is 37.5 Å². The van der Waals surface area contributed by atoms with Crippen LogP contribution in [-0.2, 0) is 4.79 Å². The summed E-state index contributed by atoms with van der Waals surface area (Å²) in [7, 11) is 0. The molecule has 2 atom stereocenters. The van der Waals surface area contributed by atoms with E-state index in [2.05, 4.69) is 0 Å². The predicted molar refractivity (Wildman–Crippen MR) is 84.0 cm³/mol. The number of carbonyl (C=O) groups is 2. The molecule has 1 aromatic rings. The maximum Gasteiger partial charge on any atom is 0.327 e. The number of halogens is 2. The normalized spacial score (nSPS) is 27.3. The molecule has 122 valence electrons. The third-order valence-electron chi connectivity index (χ3n) is 5.02. The van der Waals surface area contributed by atoms with Crippen LogP contribution in [-0.4, -0.2) is 53.5 Å². The summed E-state index contributed by atoms with van der Waals surface area (Å²) in [4.78, 5) is 30.1. The monoisotopic (exact) mass is 337 g/mol. The van der Waals surface area contributed by atoms with Gasteiger partial charge in [-0.1, -0.05) is 11.6 Å². The van der Waals surface area contributed by atoms with Crippen molar-refractivity contribution < 1.29 is 14.0 Å². The highest BCUT2D eigenvalue weighted by atomic mass is 35.5. The molecule has 23 heavy (non-hydrogen) atoms. The minimum absolute atomic E-state index is 0.0588. The molecular formula is C16H17ClFN3O2. The van der Waals surface area contributed by atoms with Crippen molar-refractivity contribution in [3.8, 4) is 0 Å². The number of anilines is 1. The summed E-state index contributed by atoms with van der Waals surface area (Å²) >= 11 is 5.84. The van der Waals surface area contributed by atoms with E-state index in [9.17, 15) is 14.0 Å². The average molecular weight is 338 g/mol. The molecule has 5 nitrogen and oxygen atoms in total. The molecule has 3 aliphatic rings. The summed E-state index contributed by atoms with van der Waals surface area (Å²) in [6, 6.07) is 4.08. The molecule has 0 saturated carbocycles. The topological polar surface area (TPSA) is 43.9 Å². The van der Waals surface area contributed by atoms with Crippen molar-refractivity contribution in [1.29, 1.82) is 0 Å². The van der Waals surface area contributed by atoms with Crippen LogP contribution in [0.15, 0.2) is 18.2 Å². The van der Waals surface area contributed by atoms with E-state index in [4.69, 9.17) is 11.6 Å². The minimum atomic E-state index is -0.448. The van der Waals surface area contributed by atoms with Gasteiger partial charge in [-0.2, -0.15) is 0 Å². The number of rotatable bonds is 2. The first kappa shape index (κ1) is 14.8. The number of urea groups is 1. The van der Waals surface area contributed by atoms with Crippen LogP contribution in [0.5, 0.6) is 0 Å². The zero-order chi connectivity index (χ0) is 16.1. The Balaban J connectivity index is 1.51. The molecule has 0 N–H and O–H groups in total. The van der Waals surface area contributed by atoms with Gasteiger partial charge in [-0.25, -0.2) is 9.18 Å². The van der Waals surface area contributed by atoms with Gasteiger partial charge >= 0.3 is 6.03 Å². The van der Waals surface area contributed by atoms with Crippen LogP contribution in [0.2, 0.25) is 5.02 Å². The molecule has 0 radical (unpaired) electrons. The number of benzene rings is 1. The van der Waals surface area contributed by atoms with E-state index >= 15 is 0 Å². The maximum atomic E-state index is 13.3. The van der Waals surface area contributed by atoms with Gasteiger partial charge < -0.3 is 9.80 Å². The molecule has 7 heteroatoms. The van der Waals surface area contributed by atoms with E-state index in [1.54, 1.807) is 17.0 Å². The molecule has 3 aliphatic heterocycles. The fourth-order valence-electron chi connectivity index (χ4n) is 3.85. The summed E-state index contributed by atoms with van der Waals surface area (Å²) in [5.74, 6) is -0.506. The molecule has 3 heterocycles. The van der Waals surface area contributed by atoms with Crippen LogP contribution in [0.3, 0.4) is 0 Å². The lowest BCUT2D eigenvalue weighted by Gasteiger charge is -2.24. The molecule has 3 saturated heterocycles. The largest absolute Gasteiger partial charge is 0.369 e. The van der Waals surface area contributed by atoms with Crippen molar-refractivity contribution in [2.24, 2.45) is 0 Å².